The van der Waals surface area contributed by atoms with Crippen LogP contribution in [-0.2, 0) is 13.3 Å². The molecule has 0 atom stereocenters. The third-order valence-corrected chi connectivity index (χ3v) is 4.82. The number of anilines is 1. The number of aryl methyl sites for hydroxylation is 2. The Morgan fingerprint density at radius 2 is 1.94 bits per heavy atom. The largest absolute Gasteiger partial charge is 0.471 e. The molecule has 2 amide bonds. The fourth-order valence-corrected chi connectivity index (χ4v) is 3.10. The van der Waals surface area contributed by atoms with Gasteiger partial charge in [-0.05, 0) is 49.6 Å². The maximum Gasteiger partial charge on any atom is 0.276 e. The minimum atomic E-state index is -0.444. The number of ether oxygens (including phenoxy) is 1. The lowest BCUT2D eigenvalue weighted by Gasteiger charge is -2.09. The molecule has 0 saturated carbocycles. The highest BCUT2D eigenvalue weighted by Crippen LogP contribution is 2.22. The lowest BCUT2D eigenvalue weighted by molar-refractivity contribution is 0.0944. The summed E-state index contributed by atoms with van der Waals surface area (Å²) in [6.07, 6.45) is 3.28. The van der Waals surface area contributed by atoms with Gasteiger partial charge in [0.15, 0.2) is 18.1 Å². The van der Waals surface area contributed by atoms with Crippen molar-refractivity contribution in [2.45, 2.75) is 41.0 Å². The monoisotopic (exact) mass is 458 g/mol. The molecule has 32 heavy (non-hydrogen) atoms. The highest BCUT2D eigenvalue weighted by Gasteiger charge is 2.20. The molecular weight excluding hydrogens is 432 g/mol. The van der Waals surface area contributed by atoms with E-state index in [1.807, 2.05) is 33.8 Å². The van der Waals surface area contributed by atoms with Crippen molar-refractivity contribution in [3.8, 4) is 5.75 Å². The van der Waals surface area contributed by atoms with Crippen LogP contribution in [0.5, 0.6) is 5.75 Å². The zero-order valence-electron chi connectivity index (χ0n) is 18.6. The Labute approximate surface area is 191 Å². The van der Waals surface area contributed by atoms with Crippen molar-refractivity contribution >= 4 is 29.1 Å². The van der Waals surface area contributed by atoms with Gasteiger partial charge in [0.2, 0.25) is 0 Å². The van der Waals surface area contributed by atoms with Gasteiger partial charge in [-0.15, -0.1) is 0 Å². The average molecular weight is 459 g/mol. The Balaban J connectivity index is 1.67. The normalized spacial score (nSPS) is 10.9. The van der Waals surface area contributed by atoms with Crippen molar-refractivity contribution < 1.29 is 14.3 Å². The molecule has 170 valence electrons. The van der Waals surface area contributed by atoms with Gasteiger partial charge in [0.05, 0.1) is 5.69 Å². The van der Waals surface area contributed by atoms with E-state index in [4.69, 9.17) is 16.3 Å². The summed E-state index contributed by atoms with van der Waals surface area (Å²) in [7, 11) is 0. The number of carbonyl (C=O) groups excluding carboxylic acids is 2. The molecule has 0 bridgehead atoms. The number of hydrogen-bond donors (Lipinski definition) is 2. The van der Waals surface area contributed by atoms with Gasteiger partial charge >= 0.3 is 0 Å². The number of rotatable bonds is 9. The van der Waals surface area contributed by atoms with Gasteiger partial charge in [0.1, 0.15) is 5.75 Å². The molecule has 9 nitrogen and oxygen atoms in total. The lowest BCUT2D eigenvalue weighted by atomic mass is 10.2. The first kappa shape index (κ1) is 23.3. The predicted molar refractivity (Wildman–Crippen MR) is 122 cm³/mol. The number of nitrogens with zero attached hydrogens (tertiary/aromatic N) is 4. The van der Waals surface area contributed by atoms with Gasteiger partial charge in [-0.2, -0.15) is 10.2 Å². The number of hydrogen-bond acceptors (Lipinski definition) is 5. The Morgan fingerprint density at radius 1 is 1.16 bits per heavy atom. The molecule has 0 aliphatic heterocycles. The summed E-state index contributed by atoms with van der Waals surface area (Å²) in [4.78, 5) is 25.2. The molecule has 0 spiro atoms. The fourth-order valence-electron chi connectivity index (χ4n) is 2.87. The van der Waals surface area contributed by atoms with Crippen molar-refractivity contribution in [2.75, 3.05) is 11.9 Å². The molecule has 3 aromatic rings. The number of nitrogens with one attached hydrogen (secondary N) is 2. The van der Waals surface area contributed by atoms with E-state index in [0.717, 1.165) is 5.56 Å². The first-order valence-corrected chi connectivity index (χ1v) is 10.7. The number of benzene rings is 1. The SMILES string of the molecule is CCn1cc(NC(=O)c2ccn(COc3ccc(Cl)cc3C)n2)c(C(=O)NCC(C)C)n1. The van der Waals surface area contributed by atoms with Crippen LogP contribution in [0, 0.1) is 12.8 Å². The molecule has 0 radical (unpaired) electrons. The maximum absolute atomic E-state index is 12.7. The quantitative estimate of drug-likeness (QED) is 0.508. The van der Waals surface area contributed by atoms with E-state index in [1.165, 1.54) is 4.68 Å². The number of amides is 2. The van der Waals surface area contributed by atoms with Crippen LogP contribution < -0.4 is 15.4 Å². The van der Waals surface area contributed by atoms with E-state index in [-0.39, 0.29) is 24.0 Å². The smallest absolute Gasteiger partial charge is 0.276 e. The van der Waals surface area contributed by atoms with Crippen molar-refractivity contribution in [1.82, 2.24) is 24.9 Å². The summed E-state index contributed by atoms with van der Waals surface area (Å²) in [6, 6.07) is 6.92. The van der Waals surface area contributed by atoms with Crippen molar-refractivity contribution in [3.05, 3.63) is 58.6 Å². The molecule has 0 aliphatic carbocycles. The molecule has 0 saturated heterocycles. The Morgan fingerprint density at radius 3 is 2.62 bits per heavy atom. The van der Waals surface area contributed by atoms with Gasteiger partial charge in [-0.1, -0.05) is 25.4 Å². The summed E-state index contributed by atoms with van der Waals surface area (Å²) < 4.78 is 8.85. The highest BCUT2D eigenvalue weighted by molar-refractivity contribution is 6.30. The van der Waals surface area contributed by atoms with Crippen LogP contribution in [0.2, 0.25) is 5.02 Å². The third kappa shape index (κ3) is 5.88. The topological polar surface area (TPSA) is 103 Å². The second-order valence-electron chi connectivity index (χ2n) is 7.73. The first-order chi connectivity index (χ1) is 15.3. The van der Waals surface area contributed by atoms with Crippen molar-refractivity contribution in [1.29, 1.82) is 0 Å². The molecule has 10 heteroatoms. The molecule has 1 aromatic carbocycles. The summed E-state index contributed by atoms with van der Waals surface area (Å²) >= 11 is 5.96. The summed E-state index contributed by atoms with van der Waals surface area (Å²) in [5.41, 5.74) is 1.60. The second kappa shape index (κ2) is 10.3. The molecule has 2 heterocycles. The van der Waals surface area contributed by atoms with E-state index in [1.54, 1.807) is 35.3 Å². The van der Waals surface area contributed by atoms with Crippen molar-refractivity contribution in [3.63, 3.8) is 0 Å². The van der Waals surface area contributed by atoms with Crippen LogP contribution in [0.25, 0.3) is 0 Å². The Bertz CT molecular complexity index is 1110. The van der Waals surface area contributed by atoms with E-state index in [2.05, 4.69) is 20.8 Å². The van der Waals surface area contributed by atoms with E-state index < -0.39 is 5.91 Å². The fraction of sp³-hybridized carbons (Fsp3) is 0.364. The zero-order chi connectivity index (χ0) is 23.3. The maximum atomic E-state index is 12.7. The molecule has 0 aliphatic rings. The second-order valence-corrected chi connectivity index (χ2v) is 8.17. The molecule has 2 aromatic heterocycles. The molecule has 0 unspecified atom stereocenters. The van der Waals surface area contributed by atoms with Gasteiger partial charge in [0, 0.05) is 30.5 Å². The average Bonchev–Trinajstić information content (AvgIpc) is 3.38. The first-order valence-electron chi connectivity index (χ1n) is 10.4. The Kier molecular flexibility index (Phi) is 7.53. The highest BCUT2D eigenvalue weighted by atomic mass is 35.5. The van der Waals surface area contributed by atoms with Crippen LogP contribution in [0.4, 0.5) is 5.69 Å². The Hall–Kier alpha value is -3.33. The molecule has 3 rings (SSSR count). The van der Waals surface area contributed by atoms with Crippen LogP contribution in [0.15, 0.2) is 36.7 Å². The van der Waals surface area contributed by atoms with Gasteiger partial charge in [0.25, 0.3) is 11.8 Å². The third-order valence-electron chi connectivity index (χ3n) is 4.58. The summed E-state index contributed by atoms with van der Waals surface area (Å²) in [5.74, 6) is 0.200. The van der Waals surface area contributed by atoms with Crippen LogP contribution >= 0.6 is 11.6 Å². The molecular formula is C22H27ClN6O3. The summed E-state index contributed by atoms with van der Waals surface area (Å²) in [5, 5.41) is 14.7. The minimum Gasteiger partial charge on any atom is -0.471 e. The zero-order valence-corrected chi connectivity index (χ0v) is 19.3. The molecule has 2 N–H and O–H groups in total. The van der Waals surface area contributed by atoms with Gasteiger partial charge in [-0.3, -0.25) is 14.3 Å². The molecule has 0 fully saturated rings. The number of aromatic nitrogens is 4. The van der Waals surface area contributed by atoms with Crippen LogP contribution in [-0.4, -0.2) is 37.9 Å². The number of carbonyl (C=O) groups is 2. The van der Waals surface area contributed by atoms with Gasteiger partial charge in [-0.25, -0.2) is 4.68 Å². The van der Waals surface area contributed by atoms with E-state index in [9.17, 15) is 9.59 Å². The van der Waals surface area contributed by atoms with Crippen LogP contribution in [0.1, 0.15) is 47.3 Å². The van der Waals surface area contributed by atoms with Crippen LogP contribution in [0.3, 0.4) is 0 Å². The lowest BCUT2D eigenvalue weighted by Crippen LogP contribution is -2.28. The van der Waals surface area contributed by atoms with E-state index in [0.29, 0.717) is 35.5 Å². The minimum absolute atomic E-state index is 0.131. The van der Waals surface area contributed by atoms with Gasteiger partial charge < -0.3 is 15.4 Å². The number of halogens is 1. The predicted octanol–water partition coefficient (Wildman–Crippen LogP) is 3.74. The standard InChI is InChI=1S/C22H27ClN6O3/c1-5-28-12-18(20(27-28)22(31)24-11-14(2)3)25-21(30)17-8-9-29(26-17)13-32-19-7-6-16(23)10-15(19)4/h6-10,12,14H,5,11,13H2,1-4H3,(H,24,31)(H,25,30). The van der Waals surface area contributed by atoms with Crippen molar-refractivity contribution in [2.24, 2.45) is 5.92 Å². The van der Waals surface area contributed by atoms with E-state index >= 15 is 0 Å². The summed E-state index contributed by atoms with van der Waals surface area (Å²) in [6.45, 7) is 9.02.